The van der Waals surface area contributed by atoms with Crippen LogP contribution in [0.1, 0.15) is 25.0 Å². The van der Waals surface area contributed by atoms with Crippen molar-refractivity contribution in [3.63, 3.8) is 0 Å². The molecule has 0 radical (unpaired) electrons. The highest BCUT2D eigenvalue weighted by atomic mass is 35.5. The lowest BCUT2D eigenvalue weighted by molar-refractivity contribution is -0.123. The van der Waals surface area contributed by atoms with Gasteiger partial charge in [0, 0.05) is 35.1 Å². The lowest BCUT2D eigenvalue weighted by atomic mass is 9.84. The number of nitrogens with one attached hydrogen (secondary N) is 1. The Morgan fingerprint density at radius 1 is 1.29 bits per heavy atom. The molecule has 2 aromatic rings. The number of hydrogen-bond acceptors (Lipinski definition) is 4. The number of rotatable bonds is 5. The molecule has 1 N–H and O–H groups in total. The van der Waals surface area contributed by atoms with Gasteiger partial charge in [-0.3, -0.25) is 4.79 Å². The van der Waals surface area contributed by atoms with Crippen molar-refractivity contribution in [1.82, 2.24) is 5.43 Å². The van der Waals surface area contributed by atoms with Crippen LogP contribution in [0.15, 0.2) is 59.3 Å². The summed E-state index contributed by atoms with van der Waals surface area (Å²) in [6.45, 7) is 6.11. The van der Waals surface area contributed by atoms with Gasteiger partial charge in [0.05, 0.1) is 0 Å². The van der Waals surface area contributed by atoms with Crippen molar-refractivity contribution in [3.8, 4) is 5.75 Å². The van der Waals surface area contributed by atoms with E-state index in [2.05, 4.69) is 41.4 Å². The SMILES string of the molecule is Cc1cc(Cl)ccc1OCC(=O)N/N=C/C=C1\N(C)c2ccccc2C1(C)C. The van der Waals surface area contributed by atoms with Crippen LogP contribution in [0.4, 0.5) is 5.69 Å². The Morgan fingerprint density at radius 2 is 2.04 bits per heavy atom. The lowest BCUT2D eigenvalue weighted by Crippen LogP contribution is -2.25. The Kier molecular flexibility index (Phi) is 5.75. The van der Waals surface area contributed by atoms with Crippen LogP contribution in [-0.2, 0) is 10.2 Å². The summed E-state index contributed by atoms with van der Waals surface area (Å²) in [6.07, 6.45) is 3.52. The predicted molar refractivity (Wildman–Crippen MR) is 114 cm³/mol. The molecule has 3 rings (SSSR count). The van der Waals surface area contributed by atoms with Gasteiger partial charge in [-0.2, -0.15) is 5.10 Å². The van der Waals surface area contributed by atoms with Crippen molar-refractivity contribution in [2.45, 2.75) is 26.2 Å². The number of carbonyl (C=O) groups is 1. The van der Waals surface area contributed by atoms with Crippen LogP contribution in [0.2, 0.25) is 5.02 Å². The maximum Gasteiger partial charge on any atom is 0.277 e. The molecule has 0 saturated carbocycles. The zero-order valence-corrected chi connectivity index (χ0v) is 17.2. The first-order valence-electron chi connectivity index (χ1n) is 9.05. The molecule has 28 heavy (non-hydrogen) atoms. The van der Waals surface area contributed by atoms with Crippen LogP contribution < -0.4 is 15.1 Å². The second kappa shape index (κ2) is 8.07. The summed E-state index contributed by atoms with van der Waals surface area (Å²) in [6, 6.07) is 13.6. The molecule has 6 heteroatoms. The van der Waals surface area contributed by atoms with E-state index >= 15 is 0 Å². The molecule has 0 aliphatic carbocycles. The average Bonchev–Trinajstić information content (AvgIpc) is 2.85. The minimum Gasteiger partial charge on any atom is -0.483 e. The summed E-state index contributed by atoms with van der Waals surface area (Å²) in [4.78, 5) is 14.1. The Morgan fingerprint density at radius 3 is 2.75 bits per heavy atom. The predicted octanol–water partition coefficient (Wildman–Crippen LogP) is 4.44. The molecule has 0 spiro atoms. The van der Waals surface area contributed by atoms with Gasteiger partial charge < -0.3 is 9.64 Å². The number of aryl methyl sites for hydroxylation is 1. The minimum absolute atomic E-state index is 0.118. The first-order valence-corrected chi connectivity index (χ1v) is 9.43. The molecule has 1 aliphatic heterocycles. The molecule has 1 heterocycles. The number of allylic oxidation sites excluding steroid dienone is 2. The molecule has 146 valence electrons. The maximum atomic E-state index is 12.0. The molecule has 0 aromatic heterocycles. The van der Waals surface area contributed by atoms with Crippen LogP contribution in [0, 0.1) is 6.92 Å². The van der Waals surface area contributed by atoms with Crippen molar-refractivity contribution in [3.05, 3.63) is 70.4 Å². The van der Waals surface area contributed by atoms with Crippen molar-refractivity contribution in [1.29, 1.82) is 0 Å². The largest absolute Gasteiger partial charge is 0.483 e. The van der Waals surface area contributed by atoms with Gasteiger partial charge in [0.25, 0.3) is 5.91 Å². The van der Waals surface area contributed by atoms with Gasteiger partial charge in [-0.05, 0) is 48.4 Å². The van der Waals surface area contributed by atoms with Crippen LogP contribution in [0.3, 0.4) is 0 Å². The number of nitrogens with zero attached hydrogens (tertiary/aromatic N) is 2. The van der Waals surface area contributed by atoms with E-state index in [1.807, 2.05) is 32.2 Å². The van der Waals surface area contributed by atoms with Crippen molar-refractivity contribution < 1.29 is 9.53 Å². The fourth-order valence-electron chi connectivity index (χ4n) is 3.47. The molecule has 2 aromatic carbocycles. The Hall–Kier alpha value is -2.79. The number of amides is 1. The normalized spacial score (nSPS) is 16.5. The van der Waals surface area contributed by atoms with Crippen molar-refractivity contribution >= 4 is 29.4 Å². The smallest absolute Gasteiger partial charge is 0.277 e. The first-order chi connectivity index (χ1) is 13.3. The number of halogens is 1. The minimum atomic E-state index is -0.327. The fraction of sp³-hybridized carbons (Fsp3) is 0.273. The number of likely N-dealkylation sites (N-methyl/N-ethyl adjacent to an activating group) is 1. The number of ether oxygens (including phenoxy) is 1. The molecule has 0 unspecified atom stereocenters. The Bertz CT molecular complexity index is 951. The third-order valence-electron chi connectivity index (χ3n) is 4.93. The van der Waals surface area contributed by atoms with Gasteiger partial charge in [-0.1, -0.05) is 43.6 Å². The Labute approximate surface area is 170 Å². The number of hydrogen-bond donors (Lipinski definition) is 1. The van der Waals surface area contributed by atoms with Crippen molar-refractivity contribution in [2.75, 3.05) is 18.6 Å². The fourth-order valence-corrected chi connectivity index (χ4v) is 3.70. The summed E-state index contributed by atoms with van der Waals surface area (Å²) < 4.78 is 5.51. The van der Waals surface area contributed by atoms with Gasteiger partial charge in [-0.15, -0.1) is 0 Å². The van der Waals surface area contributed by atoms with E-state index in [1.54, 1.807) is 24.4 Å². The highest BCUT2D eigenvalue weighted by Gasteiger charge is 2.37. The summed E-state index contributed by atoms with van der Waals surface area (Å²) in [7, 11) is 2.04. The summed E-state index contributed by atoms with van der Waals surface area (Å²) >= 11 is 5.92. The summed E-state index contributed by atoms with van der Waals surface area (Å²) in [5.74, 6) is 0.295. The van der Waals surface area contributed by atoms with E-state index in [1.165, 1.54) is 11.3 Å². The maximum absolute atomic E-state index is 12.0. The van der Waals surface area contributed by atoms with Crippen LogP contribution >= 0.6 is 11.6 Å². The van der Waals surface area contributed by atoms with Gasteiger partial charge in [0.15, 0.2) is 6.61 Å². The second-order valence-electron chi connectivity index (χ2n) is 7.26. The Balaban J connectivity index is 1.58. The molecule has 1 aliphatic rings. The molecular weight excluding hydrogens is 374 g/mol. The highest BCUT2D eigenvalue weighted by molar-refractivity contribution is 6.30. The third kappa shape index (κ3) is 4.04. The number of carbonyl (C=O) groups excluding carboxylic acids is 1. The molecule has 5 nitrogen and oxygen atoms in total. The number of para-hydroxylation sites is 1. The summed E-state index contributed by atoms with van der Waals surface area (Å²) in [5.41, 5.74) is 6.80. The molecular formula is C22H24ClN3O2. The van der Waals surface area contributed by atoms with E-state index < -0.39 is 0 Å². The first kappa shape index (κ1) is 20.0. The number of anilines is 1. The highest BCUT2D eigenvalue weighted by Crippen LogP contribution is 2.46. The molecule has 0 atom stereocenters. The van der Waals surface area contributed by atoms with Crippen LogP contribution in [0.25, 0.3) is 0 Å². The molecule has 0 bridgehead atoms. The van der Waals surface area contributed by atoms with E-state index in [9.17, 15) is 4.79 Å². The molecule has 1 amide bonds. The van der Waals surface area contributed by atoms with E-state index in [0.717, 1.165) is 11.3 Å². The molecule has 0 saturated heterocycles. The van der Waals surface area contributed by atoms with Gasteiger partial charge in [0.1, 0.15) is 5.75 Å². The van der Waals surface area contributed by atoms with E-state index in [4.69, 9.17) is 16.3 Å². The number of benzene rings is 2. The quantitative estimate of drug-likeness (QED) is 0.599. The monoisotopic (exact) mass is 397 g/mol. The summed E-state index contributed by atoms with van der Waals surface area (Å²) in [5, 5.41) is 4.65. The zero-order chi connectivity index (χ0) is 20.3. The van der Waals surface area contributed by atoms with Crippen molar-refractivity contribution in [2.24, 2.45) is 5.10 Å². The average molecular weight is 398 g/mol. The van der Waals surface area contributed by atoms with Gasteiger partial charge >= 0.3 is 0 Å². The zero-order valence-electron chi connectivity index (χ0n) is 16.5. The third-order valence-corrected chi connectivity index (χ3v) is 5.17. The van der Waals surface area contributed by atoms with Gasteiger partial charge in [-0.25, -0.2) is 5.43 Å². The standard InChI is InChI=1S/C22H24ClN3O2/c1-15-13-16(23)9-10-19(15)28-14-21(27)25-24-12-11-20-22(2,3)17-7-5-6-8-18(17)26(20)4/h5-13H,14H2,1-4H3,(H,25,27)/b20-11-,24-12+. The van der Waals surface area contributed by atoms with Crippen LogP contribution in [0.5, 0.6) is 5.75 Å². The van der Waals surface area contributed by atoms with E-state index in [0.29, 0.717) is 10.8 Å². The second-order valence-corrected chi connectivity index (χ2v) is 7.70. The van der Waals surface area contributed by atoms with E-state index in [-0.39, 0.29) is 17.9 Å². The topological polar surface area (TPSA) is 53.9 Å². The number of fused-ring (bicyclic) bond motifs is 1. The lowest BCUT2D eigenvalue weighted by Gasteiger charge is -2.23. The number of hydrazone groups is 1. The van der Waals surface area contributed by atoms with Gasteiger partial charge in [0.2, 0.25) is 0 Å². The molecule has 0 fully saturated rings. The van der Waals surface area contributed by atoms with Crippen LogP contribution in [-0.4, -0.2) is 25.8 Å².